The van der Waals surface area contributed by atoms with Gasteiger partial charge in [-0.15, -0.1) is 0 Å². The maximum Gasteiger partial charge on any atom is 0.194 e. The Kier molecular flexibility index (Phi) is 1.52. The molecule has 0 bridgehead atoms. The van der Waals surface area contributed by atoms with Crippen molar-refractivity contribution in [2.45, 2.75) is 13.8 Å². The summed E-state index contributed by atoms with van der Waals surface area (Å²) in [6, 6.07) is 1.56. The Morgan fingerprint density at radius 3 is 2.85 bits per heavy atom. The first-order valence-corrected chi connectivity index (χ1v) is 3.85. The van der Waals surface area contributed by atoms with Crippen LogP contribution in [0.25, 0.3) is 11.1 Å². The van der Waals surface area contributed by atoms with Crippen molar-refractivity contribution in [1.29, 1.82) is 0 Å². The van der Waals surface area contributed by atoms with Crippen molar-refractivity contribution in [1.82, 2.24) is 4.98 Å². The third-order valence-electron chi connectivity index (χ3n) is 1.90. The molecule has 13 heavy (non-hydrogen) atoms. The summed E-state index contributed by atoms with van der Waals surface area (Å²) in [5.74, 6) is -0.688. The van der Waals surface area contributed by atoms with Crippen LogP contribution in [-0.2, 0) is 0 Å². The molecule has 1 aromatic carbocycles. The van der Waals surface area contributed by atoms with Gasteiger partial charge in [0.25, 0.3) is 0 Å². The minimum absolute atomic E-state index is 0.0839. The molecule has 0 spiro atoms. The normalized spacial score (nSPS) is 11.0. The molecule has 0 aliphatic rings. The SMILES string of the molecule is Cc1nc2c(F)c(O)c(C)cc2o1. The Hall–Kier alpha value is -1.58. The van der Waals surface area contributed by atoms with E-state index in [-0.39, 0.29) is 11.3 Å². The number of benzene rings is 1. The first kappa shape index (κ1) is 8.04. The van der Waals surface area contributed by atoms with Gasteiger partial charge in [-0.2, -0.15) is 0 Å². The molecule has 0 radical (unpaired) electrons. The van der Waals surface area contributed by atoms with Crippen molar-refractivity contribution in [3.8, 4) is 5.75 Å². The van der Waals surface area contributed by atoms with Gasteiger partial charge in [0.15, 0.2) is 23.0 Å². The minimum Gasteiger partial charge on any atom is -0.505 e. The number of aromatic nitrogens is 1. The van der Waals surface area contributed by atoms with Crippen LogP contribution in [0.15, 0.2) is 10.5 Å². The molecule has 3 nitrogen and oxygen atoms in total. The predicted molar refractivity (Wildman–Crippen MR) is 45.1 cm³/mol. The van der Waals surface area contributed by atoms with Crippen molar-refractivity contribution in [3.63, 3.8) is 0 Å². The average molecular weight is 181 g/mol. The Balaban J connectivity index is 2.92. The van der Waals surface area contributed by atoms with E-state index in [0.717, 1.165) is 0 Å². The number of hydrogen-bond acceptors (Lipinski definition) is 3. The molecule has 68 valence electrons. The molecular formula is C9H8FNO2. The number of hydrogen-bond donors (Lipinski definition) is 1. The van der Waals surface area contributed by atoms with E-state index in [2.05, 4.69) is 4.98 Å². The highest BCUT2D eigenvalue weighted by Crippen LogP contribution is 2.28. The summed E-state index contributed by atoms with van der Waals surface area (Å²) in [5.41, 5.74) is 0.895. The number of halogens is 1. The topological polar surface area (TPSA) is 46.3 Å². The van der Waals surface area contributed by atoms with Gasteiger partial charge in [0, 0.05) is 6.92 Å². The van der Waals surface area contributed by atoms with Crippen molar-refractivity contribution in [2.24, 2.45) is 0 Å². The number of aromatic hydroxyl groups is 1. The molecule has 0 fully saturated rings. The molecule has 0 unspecified atom stereocenters. The van der Waals surface area contributed by atoms with E-state index in [1.165, 1.54) is 0 Å². The average Bonchev–Trinajstić information content (AvgIpc) is 2.42. The zero-order valence-corrected chi connectivity index (χ0v) is 7.26. The third-order valence-corrected chi connectivity index (χ3v) is 1.90. The molecule has 2 rings (SSSR count). The van der Waals surface area contributed by atoms with E-state index in [9.17, 15) is 9.50 Å². The maximum atomic E-state index is 13.3. The number of fused-ring (bicyclic) bond motifs is 1. The van der Waals surface area contributed by atoms with Gasteiger partial charge in [0.2, 0.25) is 0 Å². The summed E-state index contributed by atoms with van der Waals surface area (Å²) >= 11 is 0. The molecular weight excluding hydrogens is 173 g/mol. The summed E-state index contributed by atoms with van der Waals surface area (Å²) in [4.78, 5) is 3.81. The molecule has 0 amide bonds. The summed E-state index contributed by atoms with van der Waals surface area (Å²) < 4.78 is 18.4. The lowest BCUT2D eigenvalue weighted by Gasteiger charge is -1.98. The highest BCUT2D eigenvalue weighted by molar-refractivity contribution is 5.76. The molecule has 1 heterocycles. The lowest BCUT2D eigenvalue weighted by Crippen LogP contribution is -1.83. The second-order valence-electron chi connectivity index (χ2n) is 2.94. The standard InChI is InChI=1S/C9H8FNO2/c1-4-3-6-8(7(10)9(4)12)11-5(2)13-6/h3,12H,1-2H3. The fourth-order valence-corrected chi connectivity index (χ4v) is 1.25. The van der Waals surface area contributed by atoms with Crippen molar-refractivity contribution < 1.29 is 13.9 Å². The number of oxazole rings is 1. The van der Waals surface area contributed by atoms with Crippen LogP contribution in [-0.4, -0.2) is 10.1 Å². The minimum atomic E-state index is -0.716. The van der Waals surface area contributed by atoms with Crippen LogP contribution in [0.4, 0.5) is 4.39 Å². The van der Waals surface area contributed by atoms with Crippen LogP contribution in [0, 0.1) is 19.7 Å². The zero-order chi connectivity index (χ0) is 9.59. The second-order valence-corrected chi connectivity index (χ2v) is 2.94. The Bertz CT molecular complexity index is 476. The Morgan fingerprint density at radius 2 is 2.15 bits per heavy atom. The van der Waals surface area contributed by atoms with Crippen LogP contribution >= 0.6 is 0 Å². The molecule has 1 aromatic heterocycles. The van der Waals surface area contributed by atoms with Crippen LogP contribution in [0.5, 0.6) is 5.75 Å². The van der Waals surface area contributed by atoms with Gasteiger partial charge < -0.3 is 9.52 Å². The Labute approximate surface area is 73.8 Å². The van der Waals surface area contributed by atoms with Gasteiger partial charge in [0.05, 0.1) is 0 Å². The lowest BCUT2D eigenvalue weighted by molar-refractivity contribution is 0.431. The molecule has 0 saturated carbocycles. The number of rotatable bonds is 0. The number of phenols is 1. The van der Waals surface area contributed by atoms with Crippen molar-refractivity contribution in [3.05, 3.63) is 23.3 Å². The fourth-order valence-electron chi connectivity index (χ4n) is 1.25. The highest BCUT2D eigenvalue weighted by atomic mass is 19.1. The molecule has 2 aromatic rings. The summed E-state index contributed by atoms with van der Waals surface area (Å²) in [6.07, 6.45) is 0. The first-order chi connectivity index (χ1) is 6.09. The van der Waals surface area contributed by atoms with E-state index >= 15 is 0 Å². The zero-order valence-electron chi connectivity index (χ0n) is 7.26. The smallest absolute Gasteiger partial charge is 0.194 e. The van der Waals surface area contributed by atoms with E-state index in [4.69, 9.17) is 4.42 Å². The van der Waals surface area contributed by atoms with Gasteiger partial charge in [-0.3, -0.25) is 0 Å². The fraction of sp³-hybridized carbons (Fsp3) is 0.222. The Morgan fingerprint density at radius 1 is 1.46 bits per heavy atom. The maximum absolute atomic E-state index is 13.3. The summed E-state index contributed by atoms with van der Waals surface area (Å²) in [6.45, 7) is 3.24. The van der Waals surface area contributed by atoms with Gasteiger partial charge in [0.1, 0.15) is 5.52 Å². The first-order valence-electron chi connectivity index (χ1n) is 3.85. The monoisotopic (exact) mass is 181 g/mol. The van der Waals surface area contributed by atoms with E-state index in [0.29, 0.717) is 17.0 Å². The molecule has 0 saturated heterocycles. The second kappa shape index (κ2) is 2.45. The van der Waals surface area contributed by atoms with Gasteiger partial charge in [-0.25, -0.2) is 9.37 Å². The molecule has 1 N–H and O–H groups in total. The number of aryl methyl sites for hydroxylation is 2. The van der Waals surface area contributed by atoms with E-state index < -0.39 is 5.82 Å². The van der Waals surface area contributed by atoms with Crippen LogP contribution in [0.2, 0.25) is 0 Å². The van der Waals surface area contributed by atoms with Crippen LogP contribution < -0.4 is 0 Å². The van der Waals surface area contributed by atoms with Gasteiger partial charge >= 0.3 is 0 Å². The van der Waals surface area contributed by atoms with Crippen molar-refractivity contribution >= 4 is 11.1 Å². The predicted octanol–water partition coefficient (Wildman–Crippen LogP) is 2.29. The van der Waals surface area contributed by atoms with Crippen LogP contribution in [0.1, 0.15) is 11.5 Å². The van der Waals surface area contributed by atoms with Crippen LogP contribution in [0.3, 0.4) is 0 Å². The molecule has 4 heteroatoms. The summed E-state index contributed by atoms with van der Waals surface area (Å²) in [7, 11) is 0. The third kappa shape index (κ3) is 1.06. The van der Waals surface area contributed by atoms with E-state index in [1.54, 1.807) is 19.9 Å². The van der Waals surface area contributed by atoms with Gasteiger partial charge in [-0.05, 0) is 18.6 Å². The molecule has 0 aliphatic carbocycles. The van der Waals surface area contributed by atoms with Crippen molar-refractivity contribution in [2.75, 3.05) is 0 Å². The number of nitrogens with zero attached hydrogens (tertiary/aromatic N) is 1. The lowest BCUT2D eigenvalue weighted by atomic mass is 10.2. The van der Waals surface area contributed by atoms with E-state index in [1.807, 2.05) is 0 Å². The number of phenolic OH excluding ortho intramolecular Hbond substituents is 1. The van der Waals surface area contributed by atoms with Gasteiger partial charge in [-0.1, -0.05) is 0 Å². The largest absolute Gasteiger partial charge is 0.505 e. The summed E-state index contributed by atoms with van der Waals surface area (Å²) in [5, 5.41) is 9.26. The highest BCUT2D eigenvalue weighted by Gasteiger charge is 2.14. The molecule has 0 atom stereocenters. The molecule has 0 aliphatic heterocycles. The quantitative estimate of drug-likeness (QED) is 0.678.